The van der Waals surface area contributed by atoms with E-state index >= 15 is 0 Å². The molecule has 0 spiro atoms. The summed E-state index contributed by atoms with van der Waals surface area (Å²) in [5.74, 6) is -0.517. The van der Waals surface area contributed by atoms with E-state index in [-0.39, 0.29) is 18.0 Å². The number of amides is 2. The van der Waals surface area contributed by atoms with Gasteiger partial charge in [-0.05, 0) is 37.0 Å². The number of hydrogen-bond donors (Lipinski definition) is 3. The molecule has 1 rings (SSSR count). The van der Waals surface area contributed by atoms with Gasteiger partial charge in [-0.15, -0.1) is 0 Å². The Labute approximate surface area is 145 Å². The summed E-state index contributed by atoms with van der Waals surface area (Å²) < 4.78 is 36.5. The highest BCUT2D eigenvalue weighted by Crippen LogP contribution is 2.17. The zero-order chi connectivity index (χ0) is 19.0. The smallest absolute Gasteiger partial charge is 0.376 e. The molecule has 1 aromatic carbocycles. The second-order valence-corrected chi connectivity index (χ2v) is 6.21. The maximum absolute atomic E-state index is 12.2. The Morgan fingerprint density at radius 1 is 1.16 bits per heavy atom. The minimum atomic E-state index is -4.46. The van der Waals surface area contributed by atoms with Crippen molar-refractivity contribution in [2.45, 2.75) is 33.4 Å². The van der Waals surface area contributed by atoms with Crippen LogP contribution >= 0.6 is 0 Å². The lowest BCUT2D eigenvalue weighted by Crippen LogP contribution is -2.34. The van der Waals surface area contributed by atoms with Crippen molar-refractivity contribution in [1.82, 2.24) is 10.6 Å². The molecule has 0 saturated heterocycles. The quantitative estimate of drug-likeness (QED) is 0.668. The van der Waals surface area contributed by atoms with Gasteiger partial charge in [0.1, 0.15) is 6.54 Å². The Bertz CT molecular complexity index is 601. The van der Waals surface area contributed by atoms with Crippen LogP contribution in [0, 0.1) is 12.8 Å². The SMILES string of the molecule is Cc1ccc(C(=O)NCC(F)(F)F)cc1NCC(=O)NCCC(C)C. The Kier molecular flexibility index (Phi) is 7.73. The highest BCUT2D eigenvalue weighted by Gasteiger charge is 2.27. The molecular weight excluding hydrogens is 335 g/mol. The summed E-state index contributed by atoms with van der Waals surface area (Å²) in [6.07, 6.45) is -3.59. The third kappa shape index (κ3) is 8.42. The van der Waals surface area contributed by atoms with E-state index in [4.69, 9.17) is 0 Å². The molecular formula is C17H24F3N3O2. The van der Waals surface area contributed by atoms with Crippen molar-refractivity contribution in [2.24, 2.45) is 5.92 Å². The van der Waals surface area contributed by atoms with Gasteiger partial charge in [-0.3, -0.25) is 9.59 Å². The van der Waals surface area contributed by atoms with Crippen molar-refractivity contribution in [2.75, 3.05) is 25.0 Å². The van der Waals surface area contributed by atoms with E-state index in [1.807, 2.05) is 5.32 Å². The molecule has 3 N–H and O–H groups in total. The topological polar surface area (TPSA) is 70.2 Å². The lowest BCUT2D eigenvalue weighted by molar-refractivity contribution is -0.123. The van der Waals surface area contributed by atoms with Crippen LogP contribution in [0.4, 0.5) is 18.9 Å². The highest BCUT2D eigenvalue weighted by molar-refractivity contribution is 5.95. The van der Waals surface area contributed by atoms with Gasteiger partial charge in [0.25, 0.3) is 5.91 Å². The number of benzene rings is 1. The fourth-order valence-electron chi connectivity index (χ4n) is 1.97. The van der Waals surface area contributed by atoms with E-state index < -0.39 is 18.6 Å². The van der Waals surface area contributed by atoms with Gasteiger partial charge in [0.2, 0.25) is 5.91 Å². The number of alkyl halides is 3. The van der Waals surface area contributed by atoms with Crippen LogP contribution in [0.25, 0.3) is 0 Å². The molecule has 0 heterocycles. The molecule has 0 unspecified atom stereocenters. The molecule has 140 valence electrons. The van der Waals surface area contributed by atoms with Gasteiger partial charge in [0.05, 0.1) is 6.54 Å². The molecule has 0 fully saturated rings. The van der Waals surface area contributed by atoms with Crippen molar-refractivity contribution in [3.63, 3.8) is 0 Å². The summed E-state index contributed by atoms with van der Waals surface area (Å²) in [5, 5.41) is 7.49. The number of nitrogens with one attached hydrogen (secondary N) is 3. The molecule has 0 aliphatic heterocycles. The van der Waals surface area contributed by atoms with Crippen LogP contribution in [0.3, 0.4) is 0 Å². The summed E-state index contributed by atoms with van der Waals surface area (Å²) in [6.45, 7) is 5.10. The second-order valence-electron chi connectivity index (χ2n) is 6.21. The van der Waals surface area contributed by atoms with Gasteiger partial charge in [-0.25, -0.2) is 0 Å². The number of rotatable bonds is 8. The van der Waals surface area contributed by atoms with Gasteiger partial charge in [0.15, 0.2) is 0 Å². The molecule has 0 radical (unpaired) electrons. The largest absolute Gasteiger partial charge is 0.405 e. The standard InChI is InChI=1S/C17H24F3N3O2/c1-11(2)6-7-21-15(24)9-22-14-8-13(5-4-12(14)3)16(25)23-10-17(18,19)20/h4-5,8,11,22H,6-7,9-10H2,1-3H3,(H,21,24)(H,23,25). The summed E-state index contributed by atoms with van der Waals surface area (Å²) in [5.41, 5.74) is 1.40. The number of halogens is 3. The first-order chi connectivity index (χ1) is 11.6. The lowest BCUT2D eigenvalue weighted by Gasteiger charge is -2.13. The van der Waals surface area contributed by atoms with Crippen LogP contribution in [-0.2, 0) is 4.79 Å². The number of carbonyl (C=O) groups excluding carboxylic acids is 2. The van der Waals surface area contributed by atoms with Crippen LogP contribution in [0.1, 0.15) is 36.2 Å². The molecule has 0 bridgehead atoms. The van der Waals surface area contributed by atoms with Gasteiger partial charge in [-0.1, -0.05) is 19.9 Å². The Morgan fingerprint density at radius 2 is 1.84 bits per heavy atom. The molecule has 8 heteroatoms. The summed E-state index contributed by atoms with van der Waals surface area (Å²) in [6, 6.07) is 4.48. The van der Waals surface area contributed by atoms with Crippen LogP contribution < -0.4 is 16.0 Å². The monoisotopic (exact) mass is 359 g/mol. The zero-order valence-electron chi connectivity index (χ0n) is 14.6. The Hall–Kier alpha value is -2.25. The number of aryl methyl sites for hydroxylation is 1. The summed E-state index contributed by atoms with van der Waals surface area (Å²) >= 11 is 0. The zero-order valence-corrected chi connectivity index (χ0v) is 14.6. The predicted molar refractivity (Wildman–Crippen MR) is 90.5 cm³/mol. The first-order valence-corrected chi connectivity index (χ1v) is 8.04. The molecule has 5 nitrogen and oxygen atoms in total. The molecule has 25 heavy (non-hydrogen) atoms. The molecule has 2 amide bonds. The van der Waals surface area contributed by atoms with E-state index in [1.54, 1.807) is 13.0 Å². The predicted octanol–water partition coefficient (Wildman–Crippen LogP) is 2.86. The summed E-state index contributed by atoms with van der Waals surface area (Å²) in [4.78, 5) is 23.5. The molecule has 0 atom stereocenters. The first-order valence-electron chi connectivity index (χ1n) is 8.04. The fourth-order valence-corrected chi connectivity index (χ4v) is 1.97. The van der Waals surface area contributed by atoms with E-state index in [2.05, 4.69) is 24.5 Å². The average Bonchev–Trinajstić information content (AvgIpc) is 2.50. The van der Waals surface area contributed by atoms with Crippen LogP contribution in [0.2, 0.25) is 0 Å². The maximum atomic E-state index is 12.2. The normalized spacial score (nSPS) is 11.3. The Balaban J connectivity index is 2.59. The van der Waals surface area contributed by atoms with Crippen LogP contribution in [0.15, 0.2) is 18.2 Å². The van der Waals surface area contributed by atoms with Crippen molar-refractivity contribution in [1.29, 1.82) is 0 Å². The molecule has 0 saturated carbocycles. The lowest BCUT2D eigenvalue weighted by atomic mass is 10.1. The summed E-state index contributed by atoms with van der Waals surface area (Å²) in [7, 11) is 0. The van der Waals surface area contributed by atoms with Gasteiger partial charge < -0.3 is 16.0 Å². The van der Waals surface area contributed by atoms with Gasteiger partial charge in [-0.2, -0.15) is 13.2 Å². The third-order valence-corrected chi connectivity index (χ3v) is 3.43. The second kappa shape index (κ2) is 9.29. The van der Waals surface area contributed by atoms with Gasteiger partial charge >= 0.3 is 6.18 Å². The molecule has 1 aromatic rings. The van der Waals surface area contributed by atoms with Gasteiger partial charge in [0, 0.05) is 17.8 Å². The number of carbonyl (C=O) groups is 2. The maximum Gasteiger partial charge on any atom is 0.405 e. The number of hydrogen-bond acceptors (Lipinski definition) is 3. The van der Waals surface area contributed by atoms with Crippen molar-refractivity contribution in [3.8, 4) is 0 Å². The minimum absolute atomic E-state index is 0.0204. The van der Waals surface area contributed by atoms with Crippen molar-refractivity contribution in [3.05, 3.63) is 29.3 Å². The molecule has 0 aliphatic rings. The van der Waals surface area contributed by atoms with E-state index in [0.29, 0.717) is 18.2 Å². The van der Waals surface area contributed by atoms with Crippen molar-refractivity contribution >= 4 is 17.5 Å². The number of anilines is 1. The van der Waals surface area contributed by atoms with E-state index in [0.717, 1.165) is 12.0 Å². The Morgan fingerprint density at radius 3 is 2.44 bits per heavy atom. The average molecular weight is 359 g/mol. The molecule has 0 aliphatic carbocycles. The first kappa shape index (κ1) is 20.8. The van der Waals surface area contributed by atoms with Crippen LogP contribution in [-0.4, -0.2) is 37.6 Å². The van der Waals surface area contributed by atoms with Crippen LogP contribution in [0.5, 0.6) is 0 Å². The third-order valence-electron chi connectivity index (χ3n) is 3.43. The minimum Gasteiger partial charge on any atom is -0.376 e. The fraction of sp³-hybridized carbons (Fsp3) is 0.529. The molecule has 0 aromatic heterocycles. The van der Waals surface area contributed by atoms with E-state index in [9.17, 15) is 22.8 Å². The van der Waals surface area contributed by atoms with E-state index in [1.165, 1.54) is 12.1 Å². The highest BCUT2D eigenvalue weighted by atomic mass is 19.4. The van der Waals surface area contributed by atoms with Crippen molar-refractivity contribution < 1.29 is 22.8 Å².